The third-order valence-corrected chi connectivity index (χ3v) is 13.0. The van der Waals surface area contributed by atoms with Crippen molar-refractivity contribution in [1.29, 1.82) is 0 Å². The second-order valence-electron chi connectivity index (χ2n) is 14.5. The van der Waals surface area contributed by atoms with E-state index in [4.69, 9.17) is 27.9 Å². The van der Waals surface area contributed by atoms with E-state index in [9.17, 15) is 23.1 Å². The molecule has 1 saturated carbocycles. The highest BCUT2D eigenvalue weighted by atomic mass is 35.5. The first kappa shape index (κ1) is 37.6. The number of ether oxygens (including phenoxy) is 1. The topological polar surface area (TPSA) is 130 Å². The maximum atomic E-state index is 15.2. The van der Waals surface area contributed by atoms with E-state index in [1.165, 1.54) is 37.4 Å². The molecule has 1 aliphatic heterocycles. The average Bonchev–Trinajstić information content (AvgIpc) is 3.87. The van der Waals surface area contributed by atoms with Crippen molar-refractivity contribution in [2.75, 3.05) is 18.2 Å². The van der Waals surface area contributed by atoms with Crippen LogP contribution < -0.4 is 10.1 Å². The second kappa shape index (κ2) is 14.2. The van der Waals surface area contributed by atoms with Crippen molar-refractivity contribution in [2.45, 2.75) is 76.1 Å². The number of nitrogens with zero attached hydrogens (tertiary/aromatic N) is 1. The number of anilines is 1. The first-order chi connectivity index (χ1) is 23.3. The van der Waals surface area contributed by atoms with Gasteiger partial charge < -0.3 is 20.1 Å². The first-order valence-corrected chi connectivity index (χ1v) is 18.7. The fourth-order valence-electron chi connectivity index (χ4n) is 6.85. The molecule has 268 valence electrons. The zero-order valence-corrected chi connectivity index (χ0v) is 30.8. The summed E-state index contributed by atoms with van der Waals surface area (Å²) < 4.78 is 46.9. The lowest BCUT2D eigenvalue weighted by Gasteiger charge is -2.52. The molecule has 9 nitrogen and oxygen atoms in total. The zero-order chi connectivity index (χ0) is 36.8. The van der Waals surface area contributed by atoms with Crippen LogP contribution in [0.4, 0.5) is 10.1 Å². The van der Waals surface area contributed by atoms with E-state index in [1.54, 1.807) is 56.9 Å². The van der Waals surface area contributed by atoms with E-state index in [1.807, 2.05) is 6.07 Å². The Bertz CT molecular complexity index is 1930. The van der Waals surface area contributed by atoms with Gasteiger partial charge in [-0.25, -0.2) is 17.6 Å². The smallest absolute Gasteiger partial charge is 0.339 e. The lowest BCUT2D eigenvalue weighted by molar-refractivity contribution is -0.156. The van der Waals surface area contributed by atoms with Crippen LogP contribution in [-0.2, 0) is 19.4 Å². The van der Waals surface area contributed by atoms with E-state index in [0.29, 0.717) is 23.4 Å². The Morgan fingerprint density at radius 3 is 2.36 bits per heavy atom. The number of carbonyl (C=O) groups excluding carboxylic acids is 2. The molecule has 1 aliphatic carbocycles. The van der Waals surface area contributed by atoms with Crippen LogP contribution in [0.15, 0.2) is 60.7 Å². The SMILES string of the molecule is COc1cc(NC(=O)CC2(C)CC(c3cccc(Cl)c3)C(c3ccc(Cl)c(F)c3)N([C@@H](CS(=O)(=O)C(C)(C)C)C3CC3)C2=O)ccc1C(=O)O. The highest BCUT2D eigenvalue weighted by Crippen LogP contribution is 2.54. The minimum Gasteiger partial charge on any atom is -0.496 e. The summed E-state index contributed by atoms with van der Waals surface area (Å²) in [6.07, 6.45) is 1.29. The number of carbonyl (C=O) groups is 3. The summed E-state index contributed by atoms with van der Waals surface area (Å²) in [4.78, 5) is 42.0. The largest absolute Gasteiger partial charge is 0.496 e. The minimum atomic E-state index is -3.74. The number of aromatic carboxylic acids is 1. The van der Waals surface area contributed by atoms with E-state index in [0.717, 1.165) is 5.56 Å². The number of methoxy groups -OCH3 is 1. The number of sulfone groups is 1. The molecule has 2 aliphatic rings. The Balaban J connectivity index is 1.63. The molecular formula is C37H41Cl2FN2O7S. The van der Waals surface area contributed by atoms with Gasteiger partial charge in [-0.1, -0.05) is 48.3 Å². The van der Waals surface area contributed by atoms with Crippen LogP contribution in [0.2, 0.25) is 10.0 Å². The van der Waals surface area contributed by atoms with Gasteiger partial charge in [0.05, 0.1) is 34.1 Å². The number of nitrogens with one attached hydrogen (secondary N) is 1. The molecular weight excluding hydrogens is 706 g/mol. The number of hydrogen-bond donors (Lipinski definition) is 2. The number of benzene rings is 3. The van der Waals surface area contributed by atoms with Crippen molar-refractivity contribution in [3.05, 3.63) is 93.2 Å². The molecule has 13 heteroatoms. The Kier molecular flexibility index (Phi) is 10.6. The van der Waals surface area contributed by atoms with Gasteiger partial charge in [0.2, 0.25) is 11.8 Å². The molecule has 0 bridgehead atoms. The van der Waals surface area contributed by atoms with Crippen molar-refractivity contribution >= 4 is 56.5 Å². The maximum Gasteiger partial charge on any atom is 0.339 e. The Morgan fingerprint density at radius 2 is 1.78 bits per heavy atom. The maximum absolute atomic E-state index is 15.2. The summed E-state index contributed by atoms with van der Waals surface area (Å²) in [6.45, 7) is 6.56. The number of carboxylic acid groups (broad SMARTS) is 1. The van der Waals surface area contributed by atoms with Crippen molar-refractivity contribution in [3.63, 3.8) is 0 Å². The molecule has 3 unspecified atom stereocenters. The predicted molar refractivity (Wildman–Crippen MR) is 191 cm³/mol. The standard InChI is InChI=1S/C37H41Cl2FN2O7S/c1-36(2,3)50(47,48)20-30(21-9-10-21)42-33(23-11-14-28(39)29(40)16-23)27(22-7-6-8-24(38)15-22)18-37(4,35(42)46)19-32(43)41-25-12-13-26(34(44)45)31(17-25)49-5/h6-8,11-17,21,27,30,33H,9-10,18-20H2,1-5H3,(H,41,43)(H,44,45)/t27?,30-,33?,37?/m0/s1. The molecule has 4 atom stereocenters. The molecule has 2 N–H and O–H groups in total. The number of amides is 2. The molecule has 0 aromatic heterocycles. The third-order valence-electron chi connectivity index (χ3n) is 9.78. The van der Waals surface area contributed by atoms with Crippen LogP contribution in [0.3, 0.4) is 0 Å². The highest BCUT2D eigenvalue weighted by molar-refractivity contribution is 7.92. The summed E-state index contributed by atoms with van der Waals surface area (Å²) >= 11 is 12.6. The molecule has 0 spiro atoms. The molecule has 50 heavy (non-hydrogen) atoms. The summed E-state index contributed by atoms with van der Waals surface area (Å²) in [5.74, 6) is -3.72. The van der Waals surface area contributed by atoms with Crippen LogP contribution in [0.5, 0.6) is 5.75 Å². The number of carboxylic acids is 1. The molecule has 1 heterocycles. The summed E-state index contributed by atoms with van der Waals surface area (Å²) in [5.41, 5.74) is 0.0299. The van der Waals surface area contributed by atoms with E-state index in [2.05, 4.69) is 5.32 Å². The van der Waals surface area contributed by atoms with Crippen LogP contribution in [0.1, 0.15) is 86.8 Å². The highest BCUT2D eigenvalue weighted by Gasteiger charge is 2.55. The van der Waals surface area contributed by atoms with Gasteiger partial charge in [-0.15, -0.1) is 0 Å². The predicted octanol–water partition coefficient (Wildman–Crippen LogP) is 7.92. The summed E-state index contributed by atoms with van der Waals surface area (Å²) in [7, 11) is -2.43. The number of hydrogen-bond acceptors (Lipinski definition) is 6. The quantitative estimate of drug-likeness (QED) is 0.204. The van der Waals surface area contributed by atoms with Gasteiger partial charge in [-0.3, -0.25) is 9.59 Å². The second-order valence-corrected chi connectivity index (χ2v) is 18.1. The van der Waals surface area contributed by atoms with Crippen LogP contribution in [-0.4, -0.2) is 59.9 Å². The Hall–Kier alpha value is -3.67. The Labute approximate surface area is 302 Å². The molecule has 2 fully saturated rings. The van der Waals surface area contributed by atoms with Crippen LogP contribution in [0.25, 0.3) is 0 Å². The van der Waals surface area contributed by atoms with Crippen LogP contribution in [0, 0.1) is 17.2 Å². The Morgan fingerprint density at radius 1 is 1.08 bits per heavy atom. The van der Waals surface area contributed by atoms with Gasteiger partial charge in [0, 0.05) is 35.2 Å². The fourth-order valence-corrected chi connectivity index (χ4v) is 8.55. The third kappa shape index (κ3) is 7.80. The lowest BCUT2D eigenvalue weighted by atomic mass is 9.66. The average molecular weight is 748 g/mol. The first-order valence-electron chi connectivity index (χ1n) is 16.3. The fraction of sp³-hybridized carbons (Fsp3) is 0.432. The normalized spacial score (nSPS) is 21.8. The van der Waals surface area contributed by atoms with Crippen molar-refractivity contribution < 1.29 is 37.0 Å². The summed E-state index contributed by atoms with van der Waals surface area (Å²) in [6, 6.07) is 14.1. The van der Waals surface area contributed by atoms with Crippen molar-refractivity contribution in [2.24, 2.45) is 11.3 Å². The molecule has 2 amide bonds. The molecule has 5 rings (SSSR count). The van der Waals surface area contributed by atoms with Gasteiger partial charge in [0.25, 0.3) is 0 Å². The minimum absolute atomic E-state index is 0.0489. The lowest BCUT2D eigenvalue weighted by Crippen LogP contribution is -2.59. The van der Waals surface area contributed by atoms with Crippen molar-refractivity contribution in [1.82, 2.24) is 4.90 Å². The zero-order valence-electron chi connectivity index (χ0n) is 28.5. The van der Waals surface area contributed by atoms with Gasteiger partial charge >= 0.3 is 5.97 Å². The molecule has 0 radical (unpaired) electrons. The summed E-state index contributed by atoms with van der Waals surface area (Å²) in [5, 5.41) is 12.6. The van der Waals surface area contributed by atoms with E-state index < -0.39 is 61.6 Å². The molecule has 3 aromatic rings. The molecule has 1 saturated heterocycles. The number of rotatable bonds is 11. The number of likely N-dealkylation sites (tertiary alicyclic amines) is 1. The van der Waals surface area contributed by atoms with Crippen molar-refractivity contribution in [3.8, 4) is 5.75 Å². The number of halogens is 3. The monoisotopic (exact) mass is 746 g/mol. The van der Waals surface area contributed by atoms with Gasteiger partial charge in [-0.2, -0.15) is 0 Å². The van der Waals surface area contributed by atoms with Crippen LogP contribution >= 0.6 is 23.2 Å². The van der Waals surface area contributed by atoms with Gasteiger partial charge in [0.15, 0.2) is 9.84 Å². The van der Waals surface area contributed by atoms with Gasteiger partial charge in [-0.05, 0) is 93.5 Å². The number of piperidine rings is 1. The van der Waals surface area contributed by atoms with E-state index >= 15 is 9.18 Å². The molecule has 3 aromatic carbocycles. The van der Waals surface area contributed by atoms with E-state index in [-0.39, 0.29) is 46.5 Å². The van der Waals surface area contributed by atoms with Gasteiger partial charge in [0.1, 0.15) is 17.1 Å².